The van der Waals surface area contributed by atoms with Gasteiger partial charge in [-0.3, -0.25) is 15.2 Å². The Labute approximate surface area is 110 Å². The summed E-state index contributed by atoms with van der Waals surface area (Å²) in [4.78, 5) is 15.8. The summed E-state index contributed by atoms with van der Waals surface area (Å²) in [7, 11) is 0. The summed E-state index contributed by atoms with van der Waals surface area (Å²) >= 11 is 1.78. The largest absolute Gasteiger partial charge is 0.377 e. The smallest absolute Gasteiger partial charge is 0.267 e. The third-order valence-electron chi connectivity index (χ3n) is 3.01. The highest BCUT2D eigenvalue weighted by Gasteiger charge is 2.25. The lowest BCUT2D eigenvalue weighted by Crippen LogP contribution is -2.31. The molecule has 1 aromatic heterocycles. The first-order chi connectivity index (χ1) is 8.72. The topological polar surface area (TPSA) is 77.2 Å². The fourth-order valence-corrected chi connectivity index (χ4v) is 3.17. The molecule has 1 aliphatic rings. The second-order valence-corrected chi connectivity index (χ2v) is 5.41. The fraction of sp³-hybridized carbons (Fsp3) is 0.500. The maximum Gasteiger partial charge on any atom is 0.267 e. The summed E-state index contributed by atoms with van der Waals surface area (Å²) < 4.78 is 5.51. The van der Waals surface area contributed by atoms with Gasteiger partial charge in [-0.2, -0.15) is 0 Å². The molecule has 0 aromatic carbocycles. The van der Waals surface area contributed by atoms with Gasteiger partial charge in [0.25, 0.3) is 5.91 Å². The number of nitrogen functional groups attached to an aromatic ring is 1. The molecule has 1 aliphatic heterocycles. The Hall–Kier alpha value is -1.11. The first-order valence-corrected chi connectivity index (χ1v) is 6.95. The van der Waals surface area contributed by atoms with Crippen LogP contribution in [0.5, 0.6) is 0 Å². The number of rotatable bonds is 4. The van der Waals surface area contributed by atoms with E-state index in [1.54, 1.807) is 30.1 Å². The van der Waals surface area contributed by atoms with Crippen molar-refractivity contribution in [3.05, 3.63) is 29.6 Å². The van der Waals surface area contributed by atoms with E-state index in [9.17, 15) is 4.79 Å². The quantitative estimate of drug-likeness (QED) is 0.485. The van der Waals surface area contributed by atoms with E-state index in [0.717, 1.165) is 18.7 Å². The Balaban J connectivity index is 2.02. The molecule has 18 heavy (non-hydrogen) atoms. The number of thioether (sulfide) groups is 1. The minimum Gasteiger partial charge on any atom is -0.377 e. The fourth-order valence-electron chi connectivity index (χ4n) is 1.95. The number of nitrogens with one attached hydrogen (secondary N) is 1. The molecule has 2 rings (SSSR count). The second-order valence-electron chi connectivity index (χ2n) is 4.19. The van der Waals surface area contributed by atoms with Crippen LogP contribution in [0.15, 0.2) is 18.3 Å². The highest BCUT2D eigenvalue weighted by molar-refractivity contribution is 7.99. The van der Waals surface area contributed by atoms with Gasteiger partial charge in [0.1, 0.15) is 0 Å². The molecular weight excluding hydrogens is 250 g/mol. The number of hydrazine groups is 1. The summed E-state index contributed by atoms with van der Waals surface area (Å²) in [5, 5.41) is 0.473. The molecule has 0 saturated carbocycles. The normalized spacial score (nSPS) is 23.0. The van der Waals surface area contributed by atoms with E-state index < -0.39 is 0 Å². The Morgan fingerprint density at radius 2 is 2.56 bits per heavy atom. The standard InChI is InChI=1S/C12H17N3O2S/c1-8-11(4-6-17-8)18-7-10-9(12(16)15-13)3-2-5-14-10/h2-3,5,8,11H,4,6-7,13H2,1H3,(H,15,16). The van der Waals surface area contributed by atoms with Crippen molar-refractivity contribution in [1.29, 1.82) is 0 Å². The first kappa shape index (κ1) is 13.3. The van der Waals surface area contributed by atoms with Crippen LogP contribution in [0.1, 0.15) is 29.4 Å². The molecule has 5 nitrogen and oxygen atoms in total. The molecule has 2 atom stereocenters. The zero-order valence-corrected chi connectivity index (χ0v) is 11.1. The maximum absolute atomic E-state index is 11.6. The molecule has 0 radical (unpaired) electrons. The van der Waals surface area contributed by atoms with Crippen LogP contribution in [0.25, 0.3) is 0 Å². The predicted octanol–water partition coefficient (Wildman–Crippen LogP) is 1.10. The van der Waals surface area contributed by atoms with E-state index in [4.69, 9.17) is 10.6 Å². The Bertz CT molecular complexity index is 428. The first-order valence-electron chi connectivity index (χ1n) is 5.90. The van der Waals surface area contributed by atoms with E-state index in [0.29, 0.717) is 16.6 Å². The lowest BCUT2D eigenvalue weighted by molar-refractivity contribution is 0.0952. The number of carbonyl (C=O) groups excluding carboxylic acids is 1. The summed E-state index contributed by atoms with van der Waals surface area (Å²) in [6, 6.07) is 3.47. The molecule has 3 N–H and O–H groups in total. The van der Waals surface area contributed by atoms with E-state index in [1.165, 1.54) is 0 Å². The highest BCUT2D eigenvalue weighted by atomic mass is 32.2. The minimum absolute atomic E-state index is 0.269. The number of nitrogens with two attached hydrogens (primary N) is 1. The number of ether oxygens (including phenoxy) is 1. The van der Waals surface area contributed by atoms with Crippen molar-refractivity contribution in [2.75, 3.05) is 6.61 Å². The van der Waals surface area contributed by atoms with Crippen molar-refractivity contribution in [3.63, 3.8) is 0 Å². The summed E-state index contributed by atoms with van der Waals surface area (Å²) in [6.07, 6.45) is 3.01. The van der Waals surface area contributed by atoms with E-state index >= 15 is 0 Å². The van der Waals surface area contributed by atoms with Gasteiger partial charge in [0.05, 0.1) is 17.4 Å². The van der Waals surface area contributed by atoms with Crippen LogP contribution >= 0.6 is 11.8 Å². The van der Waals surface area contributed by atoms with Crippen LogP contribution in [-0.4, -0.2) is 28.9 Å². The van der Waals surface area contributed by atoms with Gasteiger partial charge in [-0.15, -0.1) is 11.8 Å². The number of pyridine rings is 1. The zero-order valence-electron chi connectivity index (χ0n) is 10.3. The van der Waals surface area contributed by atoms with Crippen LogP contribution in [0.4, 0.5) is 0 Å². The molecule has 0 aliphatic carbocycles. The van der Waals surface area contributed by atoms with Crippen LogP contribution in [0.2, 0.25) is 0 Å². The molecule has 0 spiro atoms. The van der Waals surface area contributed by atoms with Gasteiger partial charge in [-0.25, -0.2) is 5.84 Å². The second kappa shape index (κ2) is 6.17. The lowest BCUT2D eigenvalue weighted by atomic mass is 10.2. The number of hydrogen-bond donors (Lipinski definition) is 2. The van der Waals surface area contributed by atoms with E-state index in [1.807, 2.05) is 0 Å². The molecule has 0 bridgehead atoms. The molecule has 1 fully saturated rings. The molecule has 1 amide bonds. The van der Waals surface area contributed by atoms with Crippen LogP contribution in [-0.2, 0) is 10.5 Å². The predicted molar refractivity (Wildman–Crippen MR) is 71.0 cm³/mol. The van der Waals surface area contributed by atoms with E-state index in [-0.39, 0.29) is 12.0 Å². The Morgan fingerprint density at radius 3 is 3.22 bits per heavy atom. The van der Waals surface area contributed by atoms with Crippen molar-refractivity contribution in [2.45, 2.75) is 30.5 Å². The zero-order chi connectivity index (χ0) is 13.0. The van der Waals surface area contributed by atoms with Gasteiger partial charge >= 0.3 is 0 Å². The molecule has 2 unspecified atom stereocenters. The van der Waals surface area contributed by atoms with Gasteiger partial charge in [0.2, 0.25) is 0 Å². The maximum atomic E-state index is 11.6. The molecular formula is C12H17N3O2S. The third-order valence-corrected chi connectivity index (χ3v) is 4.49. The van der Waals surface area contributed by atoms with Crippen molar-refractivity contribution in [3.8, 4) is 0 Å². The van der Waals surface area contributed by atoms with Gasteiger partial charge in [-0.05, 0) is 25.5 Å². The van der Waals surface area contributed by atoms with Crippen LogP contribution in [0, 0.1) is 0 Å². The van der Waals surface area contributed by atoms with E-state index in [2.05, 4.69) is 17.3 Å². The monoisotopic (exact) mass is 267 g/mol. The average molecular weight is 267 g/mol. The lowest BCUT2D eigenvalue weighted by Gasteiger charge is -2.14. The number of carbonyl (C=O) groups is 1. The summed E-state index contributed by atoms with van der Waals surface area (Å²) in [5.74, 6) is 5.56. The number of hydrogen-bond acceptors (Lipinski definition) is 5. The van der Waals surface area contributed by atoms with Crippen LogP contribution in [0.3, 0.4) is 0 Å². The Kier molecular flexibility index (Phi) is 4.57. The van der Waals surface area contributed by atoms with Crippen molar-refractivity contribution in [2.24, 2.45) is 5.84 Å². The van der Waals surface area contributed by atoms with Crippen molar-refractivity contribution in [1.82, 2.24) is 10.4 Å². The number of nitrogens with zero attached hydrogens (tertiary/aromatic N) is 1. The summed E-state index contributed by atoms with van der Waals surface area (Å²) in [6.45, 7) is 2.90. The van der Waals surface area contributed by atoms with Crippen LogP contribution < -0.4 is 11.3 Å². The minimum atomic E-state index is -0.297. The number of amides is 1. The summed E-state index contributed by atoms with van der Waals surface area (Å²) in [5.41, 5.74) is 3.45. The van der Waals surface area contributed by atoms with Gasteiger partial charge in [-0.1, -0.05) is 0 Å². The molecule has 1 saturated heterocycles. The van der Waals surface area contributed by atoms with Crippen molar-refractivity contribution >= 4 is 17.7 Å². The molecule has 6 heteroatoms. The van der Waals surface area contributed by atoms with Gasteiger partial charge in [0, 0.05) is 23.8 Å². The Morgan fingerprint density at radius 1 is 1.72 bits per heavy atom. The molecule has 98 valence electrons. The average Bonchev–Trinajstić information content (AvgIpc) is 2.81. The molecule has 1 aromatic rings. The number of aromatic nitrogens is 1. The SMILES string of the molecule is CC1OCCC1SCc1ncccc1C(=O)NN. The highest BCUT2D eigenvalue weighted by Crippen LogP contribution is 2.29. The molecule has 2 heterocycles. The van der Waals surface area contributed by atoms with Gasteiger partial charge in [0.15, 0.2) is 0 Å². The van der Waals surface area contributed by atoms with Crippen molar-refractivity contribution < 1.29 is 9.53 Å². The van der Waals surface area contributed by atoms with Gasteiger partial charge < -0.3 is 4.74 Å². The third kappa shape index (κ3) is 3.01.